The molecule has 14 heavy (non-hydrogen) atoms. The molecule has 1 rings (SSSR count). The van der Waals surface area contributed by atoms with Crippen LogP contribution < -0.4 is 0 Å². The molecule has 0 saturated carbocycles. The van der Waals surface area contributed by atoms with Crippen molar-refractivity contribution in [1.29, 1.82) is 5.26 Å². The molecule has 0 unspecified atom stereocenters. The van der Waals surface area contributed by atoms with Gasteiger partial charge in [-0.15, -0.1) is 0 Å². The van der Waals surface area contributed by atoms with Gasteiger partial charge in [0.1, 0.15) is 6.07 Å². The van der Waals surface area contributed by atoms with Crippen LogP contribution in [0.5, 0.6) is 0 Å². The Hall–Kier alpha value is -1.05. The van der Waals surface area contributed by atoms with Crippen LogP contribution in [0.4, 0.5) is 0 Å². The van der Waals surface area contributed by atoms with Crippen molar-refractivity contribution >= 4 is 33.5 Å². The molecule has 0 atom stereocenters. The summed E-state index contributed by atoms with van der Waals surface area (Å²) in [4.78, 5) is 11.2. The summed E-state index contributed by atoms with van der Waals surface area (Å²) in [6, 6.07) is 4.82. The Bertz CT molecular complexity index is 426. The molecule has 0 spiro atoms. The average Bonchev–Trinajstić information content (AvgIpc) is 2.19. The summed E-state index contributed by atoms with van der Waals surface area (Å²) in [6.45, 7) is 0. The van der Waals surface area contributed by atoms with Crippen molar-refractivity contribution in [3.8, 4) is 6.07 Å². The molecular weight excluding hydrogens is 269 g/mol. The van der Waals surface area contributed by atoms with E-state index in [1.807, 2.05) is 6.07 Å². The molecule has 0 aliphatic rings. The number of hydrogen-bond acceptors (Lipinski definition) is 3. The number of esters is 1. The zero-order valence-corrected chi connectivity index (χ0v) is 9.52. The molecule has 0 N–H and O–H groups in total. The lowest BCUT2D eigenvalue weighted by Gasteiger charge is -2.03. The van der Waals surface area contributed by atoms with Gasteiger partial charge in [-0.05, 0) is 28.1 Å². The number of hydrogen-bond donors (Lipinski definition) is 0. The highest BCUT2D eigenvalue weighted by Crippen LogP contribution is 2.25. The van der Waals surface area contributed by atoms with Gasteiger partial charge in [0.15, 0.2) is 0 Å². The second-order valence-electron chi connectivity index (χ2n) is 2.42. The highest BCUT2D eigenvalue weighted by molar-refractivity contribution is 9.10. The number of nitrogens with zero attached hydrogens (tertiary/aromatic N) is 1. The zero-order valence-electron chi connectivity index (χ0n) is 7.17. The van der Waals surface area contributed by atoms with E-state index in [1.54, 1.807) is 0 Å². The summed E-state index contributed by atoms with van der Waals surface area (Å²) in [7, 11) is 1.27. The molecule has 0 fully saturated rings. The fourth-order valence-electron chi connectivity index (χ4n) is 0.899. The quantitative estimate of drug-likeness (QED) is 0.740. The third-order valence-corrected chi connectivity index (χ3v) is 2.55. The van der Waals surface area contributed by atoms with Crippen LogP contribution in [-0.2, 0) is 4.74 Å². The molecular formula is C9H5BrClNO2. The molecule has 3 nitrogen and oxygen atoms in total. The van der Waals surface area contributed by atoms with Gasteiger partial charge in [0, 0.05) is 4.47 Å². The predicted octanol–water partition coefficient (Wildman–Crippen LogP) is 2.76. The third-order valence-electron chi connectivity index (χ3n) is 1.58. The zero-order chi connectivity index (χ0) is 10.7. The van der Waals surface area contributed by atoms with Crippen LogP contribution in [0.3, 0.4) is 0 Å². The van der Waals surface area contributed by atoms with Gasteiger partial charge in [-0.25, -0.2) is 4.79 Å². The standard InChI is InChI=1S/C9H5BrClNO2/c1-14-9(13)6-3-7(10)5(4-12)2-8(6)11/h2-3H,1H3. The Morgan fingerprint density at radius 1 is 1.64 bits per heavy atom. The average molecular weight is 275 g/mol. The summed E-state index contributed by atoms with van der Waals surface area (Å²) in [5, 5.41) is 8.88. The molecule has 0 heterocycles. The van der Waals surface area contributed by atoms with E-state index in [2.05, 4.69) is 20.7 Å². The Kier molecular flexibility index (Phi) is 3.50. The first-order chi connectivity index (χ1) is 6.60. The van der Waals surface area contributed by atoms with Crippen LogP contribution in [0.25, 0.3) is 0 Å². The first kappa shape index (κ1) is 11.0. The lowest BCUT2D eigenvalue weighted by molar-refractivity contribution is 0.0601. The minimum absolute atomic E-state index is 0.205. The minimum Gasteiger partial charge on any atom is -0.465 e. The summed E-state index contributed by atoms with van der Waals surface area (Å²) < 4.78 is 5.04. The summed E-state index contributed by atoms with van der Waals surface area (Å²) in [5.74, 6) is -0.528. The Morgan fingerprint density at radius 3 is 2.79 bits per heavy atom. The number of ether oxygens (including phenoxy) is 1. The number of nitriles is 1. The Balaban J connectivity index is 3.30. The van der Waals surface area contributed by atoms with E-state index < -0.39 is 5.97 Å². The molecule has 0 aliphatic heterocycles. The van der Waals surface area contributed by atoms with E-state index in [1.165, 1.54) is 19.2 Å². The van der Waals surface area contributed by atoms with E-state index in [0.29, 0.717) is 10.0 Å². The van der Waals surface area contributed by atoms with Gasteiger partial charge in [-0.2, -0.15) is 5.26 Å². The van der Waals surface area contributed by atoms with E-state index in [4.69, 9.17) is 16.9 Å². The second kappa shape index (κ2) is 4.45. The van der Waals surface area contributed by atoms with Crippen molar-refractivity contribution in [2.45, 2.75) is 0 Å². The fraction of sp³-hybridized carbons (Fsp3) is 0.111. The van der Waals surface area contributed by atoms with Crippen molar-refractivity contribution < 1.29 is 9.53 Å². The predicted molar refractivity (Wildman–Crippen MR) is 55.2 cm³/mol. The minimum atomic E-state index is -0.528. The molecule has 0 aromatic heterocycles. The van der Waals surface area contributed by atoms with Crippen molar-refractivity contribution in [2.24, 2.45) is 0 Å². The molecule has 1 aromatic rings. The van der Waals surface area contributed by atoms with Gasteiger partial charge >= 0.3 is 5.97 Å². The van der Waals surface area contributed by atoms with E-state index >= 15 is 0 Å². The Labute approximate surface area is 94.4 Å². The van der Waals surface area contributed by atoms with Gasteiger partial charge in [-0.3, -0.25) is 0 Å². The lowest BCUT2D eigenvalue weighted by atomic mass is 10.1. The number of methoxy groups -OCH3 is 1. The van der Waals surface area contributed by atoms with Crippen molar-refractivity contribution in [2.75, 3.05) is 7.11 Å². The van der Waals surface area contributed by atoms with E-state index in [0.717, 1.165) is 0 Å². The molecule has 1 aromatic carbocycles. The smallest absolute Gasteiger partial charge is 0.339 e. The number of benzene rings is 1. The second-order valence-corrected chi connectivity index (χ2v) is 3.68. The van der Waals surface area contributed by atoms with Crippen LogP contribution in [0, 0.1) is 11.3 Å². The fourth-order valence-corrected chi connectivity index (χ4v) is 1.57. The molecule has 72 valence electrons. The number of carbonyl (C=O) groups is 1. The van der Waals surface area contributed by atoms with Gasteiger partial charge in [0.05, 0.1) is 23.3 Å². The first-order valence-corrected chi connectivity index (χ1v) is 4.74. The molecule has 0 amide bonds. The lowest BCUT2D eigenvalue weighted by Crippen LogP contribution is -2.02. The molecule has 5 heteroatoms. The normalized spacial score (nSPS) is 9.29. The van der Waals surface area contributed by atoms with Crippen LogP contribution in [-0.4, -0.2) is 13.1 Å². The maximum absolute atomic E-state index is 11.2. The van der Waals surface area contributed by atoms with E-state index in [-0.39, 0.29) is 10.6 Å². The molecule has 0 aliphatic carbocycles. The maximum Gasteiger partial charge on any atom is 0.339 e. The highest BCUT2D eigenvalue weighted by Gasteiger charge is 2.13. The topological polar surface area (TPSA) is 50.1 Å². The first-order valence-electron chi connectivity index (χ1n) is 3.57. The highest BCUT2D eigenvalue weighted by atomic mass is 79.9. The van der Waals surface area contributed by atoms with Crippen LogP contribution in [0.2, 0.25) is 5.02 Å². The monoisotopic (exact) mass is 273 g/mol. The molecule has 0 saturated heterocycles. The maximum atomic E-state index is 11.2. The number of rotatable bonds is 1. The van der Waals surface area contributed by atoms with Crippen LogP contribution in [0.1, 0.15) is 15.9 Å². The van der Waals surface area contributed by atoms with Gasteiger partial charge < -0.3 is 4.74 Å². The Morgan fingerprint density at radius 2 is 2.29 bits per heavy atom. The third kappa shape index (κ3) is 2.06. The molecule has 0 radical (unpaired) electrons. The molecule has 0 bridgehead atoms. The van der Waals surface area contributed by atoms with Crippen LogP contribution >= 0.6 is 27.5 Å². The summed E-state index contributed by atoms with van der Waals surface area (Å²) in [6.07, 6.45) is 0. The number of carbonyl (C=O) groups excluding carboxylic acids is 1. The van der Waals surface area contributed by atoms with Gasteiger partial charge in [0.2, 0.25) is 0 Å². The number of halogens is 2. The summed E-state index contributed by atoms with van der Waals surface area (Å²) in [5.41, 5.74) is 0.614. The van der Waals surface area contributed by atoms with Crippen molar-refractivity contribution in [3.63, 3.8) is 0 Å². The SMILES string of the molecule is COC(=O)c1cc(Br)c(C#N)cc1Cl. The van der Waals surface area contributed by atoms with Crippen molar-refractivity contribution in [1.82, 2.24) is 0 Å². The van der Waals surface area contributed by atoms with Crippen LogP contribution in [0.15, 0.2) is 16.6 Å². The van der Waals surface area contributed by atoms with Gasteiger partial charge in [-0.1, -0.05) is 11.6 Å². The van der Waals surface area contributed by atoms with Crippen molar-refractivity contribution in [3.05, 3.63) is 32.8 Å². The largest absolute Gasteiger partial charge is 0.465 e. The summed E-state index contributed by atoms with van der Waals surface area (Å²) >= 11 is 8.93. The van der Waals surface area contributed by atoms with Gasteiger partial charge in [0.25, 0.3) is 0 Å². The van der Waals surface area contributed by atoms with E-state index in [9.17, 15) is 4.79 Å².